The van der Waals surface area contributed by atoms with Gasteiger partial charge in [0.15, 0.2) is 0 Å². The molecule has 1 rings (SSSR count). The predicted molar refractivity (Wildman–Crippen MR) is 58.6 cm³/mol. The number of alkyl halides is 2. The van der Waals surface area contributed by atoms with E-state index in [2.05, 4.69) is 0 Å². The predicted octanol–water partition coefficient (Wildman–Crippen LogP) is 3.00. The van der Waals surface area contributed by atoms with Crippen LogP contribution in [0.15, 0.2) is 18.2 Å². The monoisotopic (exact) mass is 244 g/mol. The van der Waals surface area contributed by atoms with Gasteiger partial charge in [-0.1, -0.05) is 0 Å². The molecule has 0 aliphatic rings. The Balaban J connectivity index is 3.29. The SMILES string of the molecule is COc1ccc(C(C)(F)F)cc1C(C)C(=O)O. The standard InChI is InChI=1S/C12H14F2O3/c1-7(11(15)16)9-6-8(12(2,13)14)4-5-10(9)17-3/h4-7H,1-3H3,(H,15,16). The van der Waals surface area contributed by atoms with E-state index in [4.69, 9.17) is 9.84 Å². The minimum absolute atomic E-state index is 0.221. The fourth-order valence-electron chi connectivity index (χ4n) is 1.48. The lowest BCUT2D eigenvalue weighted by Gasteiger charge is -2.16. The summed E-state index contributed by atoms with van der Waals surface area (Å²) in [5.41, 5.74) is 0.0282. The first-order valence-electron chi connectivity index (χ1n) is 5.06. The molecule has 5 heteroatoms. The van der Waals surface area contributed by atoms with Crippen LogP contribution in [0.5, 0.6) is 5.75 Å². The lowest BCUT2D eigenvalue weighted by molar-refractivity contribution is -0.138. The second-order valence-corrected chi connectivity index (χ2v) is 3.91. The van der Waals surface area contributed by atoms with Crippen molar-refractivity contribution < 1.29 is 23.4 Å². The Morgan fingerprint density at radius 2 is 2.06 bits per heavy atom. The van der Waals surface area contributed by atoms with Crippen LogP contribution in [0.1, 0.15) is 30.9 Å². The lowest BCUT2D eigenvalue weighted by Crippen LogP contribution is -2.12. The number of ether oxygens (including phenoxy) is 1. The van der Waals surface area contributed by atoms with Crippen molar-refractivity contribution in [3.8, 4) is 5.75 Å². The lowest BCUT2D eigenvalue weighted by atomic mass is 9.96. The van der Waals surface area contributed by atoms with Crippen LogP contribution < -0.4 is 4.74 Å². The number of carbonyl (C=O) groups is 1. The zero-order valence-electron chi connectivity index (χ0n) is 9.83. The van der Waals surface area contributed by atoms with E-state index in [1.165, 1.54) is 32.2 Å². The van der Waals surface area contributed by atoms with Crippen molar-refractivity contribution in [3.63, 3.8) is 0 Å². The van der Waals surface area contributed by atoms with E-state index in [-0.39, 0.29) is 11.1 Å². The number of rotatable bonds is 4. The molecule has 0 aliphatic heterocycles. The molecular weight excluding hydrogens is 230 g/mol. The molecule has 1 aromatic carbocycles. The Morgan fingerprint density at radius 1 is 1.47 bits per heavy atom. The zero-order valence-corrected chi connectivity index (χ0v) is 9.83. The molecule has 94 valence electrons. The van der Waals surface area contributed by atoms with E-state index in [0.717, 1.165) is 6.92 Å². The van der Waals surface area contributed by atoms with Gasteiger partial charge in [-0.25, -0.2) is 8.78 Å². The highest BCUT2D eigenvalue weighted by Gasteiger charge is 2.27. The van der Waals surface area contributed by atoms with Crippen LogP contribution in [-0.2, 0) is 10.7 Å². The molecule has 0 aliphatic carbocycles. The number of aliphatic carboxylic acids is 1. The van der Waals surface area contributed by atoms with Gasteiger partial charge >= 0.3 is 5.97 Å². The van der Waals surface area contributed by atoms with Gasteiger partial charge < -0.3 is 9.84 Å². The molecule has 0 saturated heterocycles. The normalized spacial score (nSPS) is 13.2. The van der Waals surface area contributed by atoms with Gasteiger partial charge in [0.05, 0.1) is 13.0 Å². The quantitative estimate of drug-likeness (QED) is 0.885. The Bertz CT molecular complexity index is 424. The van der Waals surface area contributed by atoms with Gasteiger partial charge in [0.1, 0.15) is 5.75 Å². The Hall–Kier alpha value is -1.65. The summed E-state index contributed by atoms with van der Waals surface area (Å²) in [6, 6.07) is 3.77. The molecule has 0 aromatic heterocycles. The van der Waals surface area contributed by atoms with Crippen LogP contribution in [0.2, 0.25) is 0 Å². The third-order valence-electron chi connectivity index (χ3n) is 2.57. The Labute approximate surface area is 98.0 Å². The van der Waals surface area contributed by atoms with Gasteiger partial charge in [0, 0.05) is 18.1 Å². The molecule has 17 heavy (non-hydrogen) atoms. The maximum absolute atomic E-state index is 13.1. The number of hydrogen-bond donors (Lipinski definition) is 1. The van der Waals surface area contributed by atoms with Crippen molar-refractivity contribution in [3.05, 3.63) is 29.3 Å². The molecule has 0 radical (unpaired) electrons. The average molecular weight is 244 g/mol. The summed E-state index contributed by atoms with van der Waals surface area (Å²) in [4.78, 5) is 10.9. The summed E-state index contributed by atoms with van der Waals surface area (Å²) < 4.78 is 31.3. The van der Waals surface area contributed by atoms with Gasteiger partial charge in [-0.05, 0) is 25.1 Å². The first-order valence-corrected chi connectivity index (χ1v) is 5.06. The summed E-state index contributed by atoms with van der Waals surface area (Å²) >= 11 is 0. The highest BCUT2D eigenvalue weighted by molar-refractivity contribution is 5.76. The average Bonchev–Trinajstić information content (AvgIpc) is 2.25. The molecule has 1 N–H and O–H groups in total. The second-order valence-electron chi connectivity index (χ2n) is 3.91. The van der Waals surface area contributed by atoms with Crippen LogP contribution >= 0.6 is 0 Å². The second kappa shape index (κ2) is 4.69. The highest BCUT2D eigenvalue weighted by atomic mass is 19.3. The molecule has 0 amide bonds. The van der Waals surface area contributed by atoms with Crippen LogP contribution in [0.25, 0.3) is 0 Å². The molecule has 0 spiro atoms. The van der Waals surface area contributed by atoms with Crippen LogP contribution in [-0.4, -0.2) is 18.2 Å². The minimum Gasteiger partial charge on any atom is -0.496 e. The third kappa shape index (κ3) is 2.93. The largest absolute Gasteiger partial charge is 0.496 e. The van der Waals surface area contributed by atoms with Crippen molar-refractivity contribution in [2.45, 2.75) is 25.7 Å². The van der Waals surface area contributed by atoms with E-state index in [1.54, 1.807) is 0 Å². The number of benzene rings is 1. The molecule has 1 aromatic rings. The topological polar surface area (TPSA) is 46.5 Å². The number of carboxylic acids is 1. The third-order valence-corrected chi connectivity index (χ3v) is 2.57. The fourth-order valence-corrected chi connectivity index (χ4v) is 1.48. The smallest absolute Gasteiger partial charge is 0.310 e. The van der Waals surface area contributed by atoms with E-state index in [9.17, 15) is 13.6 Å². The van der Waals surface area contributed by atoms with Crippen molar-refractivity contribution in [2.24, 2.45) is 0 Å². The van der Waals surface area contributed by atoms with Crippen molar-refractivity contribution in [1.29, 1.82) is 0 Å². The van der Waals surface area contributed by atoms with Crippen LogP contribution in [0.4, 0.5) is 8.78 Å². The van der Waals surface area contributed by atoms with Crippen molar-refractivity contribution >= 4 is 5.97 Å². The van der Waals surface area contributed by atoms with E-state index in [0.29, 0.717) is 5.75 Å². The summed E-state index contributed by atoms with van der Waals surface area (Å²) in [7, 11) is 1.37. The summed E-state index contributed by atoms with van der Waals surface area (Å²) in [6.45, 7) is 2.20. The molecular formula is C12H14F2O3. The number of hydrogen-bond acceptors (Lipinski definition) is 2. The van der Waals surface area contributed by atoms with Gasteiger partial charge in [-0.3, -0.25) is 4.79 Å². The maximum atomic E-state index is 13.1. The molecule has 0 heterocycles. The fraction of sp³-hybridized carbons (Fsp3) is 0.417. The maximum Gasteiger partial charge on any atom is 0.310 e. The van der Waals surface area contributed by atoms with Crippen LogP contribution in [0, 0.1) is 0 Å². The van der Waals surface area contributed by atoms with Crippen molar-refractivity contribution in [2.75, 3.05) is 7.11 Å². The molecule has 0 bridgehead atoms. The summed E-state index contributed by atoms with van der Waals surface area (Å²) in [6.07, 6.45) is 0. The Kier molecular flexibility index (Phi) is 3.70. The van der Waals surface area contributed by atoms with E-state index in [1.807, 2.05) is 0 Å². The number of methoxy groups -OCH3 is 1. The number of carboxylic acid groups (broad SMARTS) is 1. The first-order chi connectivity index (χ1) is 7.77. The minimum atomic E-state index is -3.00. The Morgan fingerprint density at radius 3 is 2.47 bits per heavy atom. The van der Waals surface area contributed by atoms with Gasteiger partial charge in [0.25, 0.3) is 5.92 Å². The summed E-state index contributed by atoms with van der Waals surface area (Å²) in [5, 5.41) is 8.91. The van der Waals surface area contributed by atoms with Crippen LogP contribution in [0.3, 0.4) is 0 Å². The molecule has 0 saturated carbocycles. The van der Waals surface area contributed by atoms with Gasteiger partial charge in [0.2, 0.25) is 0 Å². The molecule has 1 atom stereocenters. The van der Waals surface area contributed by atoms with E-state index < -0.39 is 17.8 Å². The molecule has 0 fully saturated rings. The number of halogens is 2. The highest BCUT2D eigenvalue weighted by Crippen LogP contribution is 2.34. The van der Waals surface area contributed by atoms with Gasteiger partial charge in [-0.2, -0.15) is 0 Å². The molecule has 1 unspecified atom stereocenters. The zero-order chi connectivity index (χ0) is 13.2. The van der Waals surface area contributed by atoms with E-state index >= 15 is 0 Å². The molecule has 3 nitrogen and oxygen atoms in total. The van der Waals surface area contributed by atoms with Gasteiger partial charge in [-0.15, -0.1) is 0 Å². The summed E-state index contributed by atoms with van der Waals surface area (Å²) in [5.74, 6) is -4.68. The van der Waals surface area contributed by atoms with Crippen molar-refractivity contribution in [1.82, 2.24) is 0 Å². The first kappa shape index (κ1) is 13.4.